The van der Waals surface area contributed by atoms with Crippen molar-refractivity contribution in [1.29, 1.82) is 0 Å². The molecule has 0 N–H and O–H groups in total. The van der Waals surface area contributed by atoms with Crippen molar-refractivity contribution >= 4 is 38.4 Å². The first-order valence-electron chi connectivity index (χ1n) is 8.89. The molecule has 2 aromatic carbocycles. The maximum absolute atomic E-state index is 13.6. The van der Waals surface area contributed by atoms with Crippen molar-refractivity contribution in [2.75, 3.05) is 4.90 Å². The molecule has 0 aliphatic carbocycles. The predicted molar refractivity (Wildman–Crippen MR) is 111 cm³/mol. The second kappa shape index (κ2) is 7.89. The topological polar surface area (TPSA) is 63.2 Å². The van der Waals surface area contributed by atoms with Gasteiger partial charge in [0.1, 0.15) is 5.82 Å². The molecule has 1 amide bonds. The Bertz CT molecular complexity index is 1190. The van der Waals surface area contributed by atoms with E-state index in [9.17, 15) is 14.0 Å². The van der Waals surface area contributed by atoms with Crippen LogP contribution in [0.15, 0.2) is 67.0 Å². The highest BCUT2D eigenvalue weighted by Crippen LogP contribution is 2.31. The summed E-state index contributed by atoms with van der Waals surface area (Å²) in [6.45, 7) is 1.75. The maximum atomic E-state index is 13.6. The molecule has 2 heterocycles. The Hall–Kier alpha value is -3.45. The second-order valence-corrected chi connectivity index (χ2v) is 7.50. The fraction of sp³-hybridized carbons (Fsp3) is 0.0909. The summed E-state index contributed by atoms with van der Waals surface area (Å²) >= 11 is 1.25. The number of hydrogen-bond acceptors (Lipinski definition) is 5. The summed E-state index contributed by atoms with van der Waals surface area (Å²) in [4.78, 5) is 35.0. The van der Waals surface area contributed by atoms with Crippen LogP contribution in [0, 0.1) is 5.82 Å². The van der Waals surface area contributed by atoms with Crippen LogP contribution in [0.4, 0.5) is 9.52 Å². The summed E-state index contributed by atoms with van der Waals surface area (Å²) in [5.74, 6) is -0.675. The van der Waals surface area contributed by atoms with E-state index >= 15 is 0 Å². The van der Waals surface area contributed by atoms with Gasteiger partial charge >= 0.3 is 0 Å². The summed E-state index contributed by atoms with van der Waals surface area (Å²) in [6.07, 6.45) is 3.35. The molecule has 7 heteroatoms. The number of amides is 1. The van der Waals surface area contributed by atoms with Crippen LogP contribution in [-0.4, -0.2) is 21.7 Å². The first-order chi connectivity index (χ1) is 14.0. The Kier molecular flexibility index (Phi) is 5.14. The number of benzene rings is 2. The Balaban J connectivity index is 1.74. The lowest BCUT2D eigenvalue weighted by atomic mass is 10.1. The van der Waals surface area contributed by atoms with Gasteiger partial charge in [-0.2, -0.15) is 0 Å². The van der Waals surface area contributed by atoms with E-state index in [1.54, 1.807) is 53.7 Å². The van der Waals surface area contributed by atoms with Gasteiger partial charge in [0, 0.05) is 23.5 Å². The van der Waals surface area contributed by atoms with E-state index in [1.807, 2.05) is 6.07 Å². The molecule has 0 spiro atoms. The van der Waals surface area contributed by atoms with E-state index in [0.717, 1.165) is 5.56 Å². The van der Waals surface area contributed by atoms with Gasteiger partial charge < -0.3 is 0 Å². The van der Waals surface area contributed by atoms with Gasteiger partial charge in [0.05, 0.1) is 16.8 Å². The molecule has 0 atom stereocenters. The van der Waals surface area contributed by atoms with E-state index in [2.05, 4.69) is 9.97 Å². The van der Waals surface area contributed by atoms with Gasteiger partial charge in [-0.3, -0.25) is 19.5 Å². The fourth-order valence-electron chi connectivity index (χ4n) is 2.91. The molecule has 29 heavy (non-hydrogen) atoms. The number of Topliss-reactive ketones (excluding diaryl/α,β-unsaturated/α-hetero) is 1. The standard InChI is InChI=1S/C22H16FN3O2S/c1-14(27)16-4-6-17(7-5-16)21(28)26(13-15-3-2-10-24-12-15)22-25-19-9-8-18(23)11-20(19)29-22/h2-12H,13H2,1H3. The van der Waals surface area contributed by atoms with E-state index < -0.39 is 0 Å². The van der Waals surface area contributed by atoms with Crippen molar-refractivity contribution in [3.8, 4) is 0 Å². The smallest absolute Gasteiger partial charge is 0.260 e. The van der Waals surface area contributed by atoms with Gasteiger partial charge in [-0.1, -0.05) is 29.5 Å². The monoisotopic (exact) mass is 405 g/mol. The van der Waals surface area contributed by atoms with Crippen molar-refractivity contribution in [2.45, 2.75) is 13.5 Å². The SMILES string of the molecule is CC(=O)c1ccc(C(=O)N(Cc2cccnc2)c2nc3ccc(F)cc3s2)cc1. The van der Waals surface area contributed by atoms with Gasteiger partial charge in [-0.15, -0.1) is 0 Å². The first kappa shape index (κ1) is 18.9. The number of hydrogen-bond donors (Lipinski definition) is 0. The van der Waals surface area contributed by atoms with Crippen LogP contribution in [0.3, 0.4) is 0 Å². The number of ketones is 1. The number of aromatic nitrogens is 2. The number of rotatable bonds is 5. The van der Waals surface area contributed by atoms with E-state index in [-0.39, 0.29) is 24.1 Å². The van der Waals surface area contributed by atoms with Crippen LogP contribution in [-0.2, 0) is 6.54 Å². The van der Waals surface area contributed by atoms with E-state index in [4.69, 9.17) is 0 Å². The van der Waals surface area contributed by atoms with Gasteiger partial charge in [0.25, 0.3) is 5.91 Å². The molecule has 2 aromatic heterocycles. The third-order valence-electron chi connectivity index (χ3n) is 4.42. The number of carbonyl (C=O) groups is 2. The summed E-state index contributed by atoms with van der Waals surface area (Å²) in [7, 11) is 0. The zero-order valence-corrected chi connectivity index (χ0v) is 16.3. The van der Waals surface area contributed by atoms with Crippen LogP contribution in [0.1, 0.15) is 33.2 Å². The fourth-order valence-corrected chi connectivity index (χ4v) is 3.89. The molecular weight excluding hydrogens is 389 g/mol. The molecule has 0 saturated heterocycles. The van der Waals surface area contributed by atoms with Crippen molar-refractivity contribution < 1.29 is 14.0 Å². The zero-order valence-electron chi connectivity index (χ0n) is 15.5. The molecule has 0 aliphatic rings. The number of thiazole rings is 1. The summed E-state index contributed by atoms with van der Waals surface area (Å²) < 4.78 is 14.2. The third kappa shape index (κ3) is 4.05. The molecule has 0 radical (unpaired) electrons. The highest BCUT2D eigenvalue weighted by Gasteiger charge is 2.22. The molecule has 0 unspecified atom stereocenters. The number of anilines is 1. The quantitative estimate of drug-likeness (QED) is 0.444. The zero-order chi connectivity index (χ0) is 20.4. The highest BCUT2D eigenvalue weighted by molar-refractivity contribution is 7.22. The second-order valence-electron chi connectivity index (χ2n) is 6.49. The molecule has 4 rings (SSSR count). The minimum Gasteiger partial charge on any atom is -0.295 e. The average molecular weight is 405 g/mol. The molecule has 0 saturated carbocycles. The maximum Gasteiger partial charge on any atom is 0.260 e. The normalized spacial score (nSPS) is 10.8. The third-order valence-corrected chi connectivity index (χ3v) is 5.46. The van der Waals surface area contributed by atoms with Gasteiger partial charge in [0.15, 0.2) is 10.9 Å². The minimum atomic E-state index is -0.349. The highest BCUT2D eigenvalue weighted by atomic mass is 32.1. The summed E-state index contributed by atoms with van der Waals surface area (Å²) in [6, 6.07) is 14.5. The summed E-state index contributed by atoms with van der Waals surface area (Å²) in [5, 5.41) is 0.468. The number of pyridine rings is 1. The average Bonchev–Trinajstić information content (AvgIpc) is 3.15. The molecule has 144 valence electrons. The molecule has 5 nitrogen and oxygen atoms in total. The lowest BCUT2D eigenvalue weighted by Crippen LogP contribution is -2.30. The van der Waals surface area contributed by atoms with Crippen LogP contribution < -0.4 is 4.90 Å². The van der Waals surface area contributed by atoms with Crippen LogP contribution >= 0.6 is 11.3 Å². The van der Waals surface area contributed by atoms with E-state index in [0.29, 0.717) is 26.5 Å². The lowest BCUT2D eigenvalue weighted by molar-refractivity contribution is 0.0981. The first-order valence-corrected chi connectivity index (χ1v) is 9.71. The van der Waals surface area contributed by atoms with Crippen LogP contribution in [0.2, 0.25) is 0 Å². The van der Waals surface area contributed by atoms with Crippen molar-refractivity contribution in [3.05, 3.63) is 89.5 Å². The van der Waals surface area contributed by atoms with Crippen molar-refractivity contribution in [1.82, 2.24) is 9.97 Å². The largest absolute Gasteiger partial charge is 0.295 e. The Morgan fingerprint density at radius 3 is 2.52 bits per heavy atom. The number of fused-ring (bicyclic) bond motifs is 1. The lowest BCUT2D eigenvalue weighted by Gasteiger charge is -2.20. The Morgan fingerprint density at radius 1 is 1.07 bits per heavy atom. The van der Waals surface area contributed by atoms with Gasteiger partial charge in [-0.05, 0) is 48.9 Å². The van der Waals surface area contributed by atoms with Crippen molar-refractivity contribution in [3.63, 3.8) is 0 Å². The predicted octanol–water partition coefficient (Wildman–Crippen LogP) is 4.88. The van der Waals surface area contributed by atoms with Gasteiger partial charge in [0.2, 0.25) is 0 Å². The Labute approximate surface area is 170 Å². The number of nitrogens with zero attached hydrogens (tertiary/aromatic N) is 3. The summed E-state index contributed by atoms with van der Waals surface area (Å²) in [5.41, 5.74) is 2.44. The van der Waals surface area contributed by atoms with Gasteiger partial charge in [-0.25, -0.2) is 9.37 Å². The number of halogens is 1. The molecule has 0 fully saturated rings. The van der Waals surface area contributed by atoms with Crippen LogP contribution in [0.25, 0.3) is 10.2 Å². The Morgan fingerprint density at radius 2 is 1.83 bits per heavy atom. The van der Waals surface area contributed by atoms with Crippen molar-refractivity contribution in [2.24, 2.45) is 0 Å². The van der Waals surface area contributed by atoms with Crippen LogP contribution in [0.5, 0.6) is 0 Å². The molecule has 4 aromatic rings. The van der Waals surface area contributed by atoms with E-state index in [1.165, 1.54) is 30.4 Å². The minimum absolute atomic E-state index is 0.0654. The molecule has 0 bridgehead atoms. The molecular formula is C22H16FN3O2S. The molecule has 0 aliphatic heterocycles. The number of carbonyl (C=O) groups excluding carboxylic acids is 2.